The van der Waals surface area contributed by atoms with Gasteiger partial charge in [-0.3, -0.25) is 0 Å². The van der Waals surface area contributed by atoms with Crippen LogP contribution in [-0.4, -0.2) is 40.4 Å². The molecule has 1 aromatic carbocycles. The first-order chi connectivity index (χ1) is 9.63. The van der Waals surface area contributed by atoms with Crippen LogP contribution in [0, 0.1) is 11.8 Å². The van der Waals surface area contributed by atoms with Gasteiger partial charge in [-0.05, 0) is 37.1 Å². The smallest absolute Gasteiger partial charge is 0.142 e. The van der Waals surface area contributed by atoms with Gasteiger partial charge in [-0.25, -0.2) is 0 Å². The van der Waals surface area contributed by atoms with E-state index >= 15 is 0 Å². The minimum absolute atomic E-state index is 0.610. The number of nitrogens with one attached hydrogen (secondary N) is 1. The Kier molecular flexibility index (Phi) is 5.12. The summed E-state index contributed by atoms with van der Waals surface area (Å²) in [5.41, 5.74) is 1.13. The molecule has 0 aliphatic carbocycles. The maximum atomic E-state index is 5.53. The molecule has 1 aliphatic heterocycles. The fourth-order valence-corrected chi connectivity index (χ4v) is 2.77. The van der Waals surface area contributed by atoms with E-state index in [1.807, 2.05) is 12.1 Å². The summed E-state index contributed by atoms with van der Waals surface area (Å²) in [6, 6.07) is 6.01. The predicted molar refractivity (Wildman–Crippen MR) is 83.0 cm³/mol. The van der Waals surface area contributed by atoms with E-state index in [0.717, 1.165) is 43.4 Å². The summed E-state index contributed by atoms with van der Waals surface area (Å²) in [4.78, 5) is 2.43. The van der Waals surface area contributed by atoms with E-state index < -0.39 is 0 Å². The van der Waals surface area contributed by atoms with Crippen LogP contribution in [0.4, 0.5) is 5.69 Å². The molecule has 1 heterocycles. The summed E-state index contributed by atoms with van der Waals surface area (Å²) < 4.78 is 10.9. The van der Waals surface area contributed by atoms with Crippen molar-refractivity contribution in [1.29, 1.82) is 0 Å². The van der Waals surface area contributed by atoms with Crippen molar-refractivity contribution in [3.63, 3.8) is 0 Å². The molecule has 1 N–H and O–H groups in total. The molecule has 20 heavy (non-hydrogen) atoms. The van der Waals surface area contributed by atoms with E-state index in [-0.39, 0.29) is 0 Å². The average molecular weight is 278 g/mol. The molecule has 4 heteroatoms. The van der Waals surface area contributed by atoms with Gasteiger partial charge in [0.1, 0.15) is 11.5 Å². The Balaban J connectivity index is 2.29. The molecule has 0 spiro atoms. The second kappa shape index (κ2) is 6.84. The fraction of sp³-hybridized carbons (Fsp3) is 0.625. The molecule has 1 aromatic rings. The maximum Gasteiger partial charge on any atom is 0.142 e. The molecule has 2 unspecified atom stereocenters. The van der Waals surface area contributed by atoms with E-state index in [2.05, 4.69) is 30.1 Å². The summed E-state index contributed by atoms with van der Waals surface area (Å²) in [6.45, 7) is 8.74. The topological polar surface area (TPSA) is 33.7 Å². The number of methoxy groups -OCH3 is 2. The average Bonchev–Trinajstić information content (AvgIpc) is 2.44. The zero-order valence-corrected chi connectivity index (χ0v) is 13.0. The summed E-state index contributed by atoms with van der Waals surface area (Å²) in [5, 5.41) is 3.53. The van der Waals surface area contributed by atoms with Gasteiger partial charge in [0.25, 0.3) is 0 Å². The van der Waals surface area contributed by atoms with Gasteiger partial charge in [0, 0.05) is 19.2 Å². The molecule has 112 valence electrons. The van der Waals surface area contributed by atoms with E-state index in [9.17, 15) is 0 Å². The lowest BCUT2D eigenvalue weighted by Crippen LogP contribution is -2.42. The molecule has 0 radical (unpaired) electrons. The van der Waals surface area contributed by atoms with Gasteiger partial charge in [-0.15, -0.1) is 0 Å². The van der Waals surface area contributed by atoms with Crippen molar-refractivity contribution in [1.82, 2.24) is 5.32 Å². The molecule has 1 aliphatic rings. The van der Waals surface area contributed by atoms with Crippen LogP contribution in [-0.2, 0) is 0 Å². The summed E-state index contributed by atoms with van der Waals surface area (Å²) in [6.07, 6.45) is 0. The minimum atomic E-state index is 0.610. The number of ether oxygens (including phenoxy) is 2. The van der Waals surface area contributed by atoms with Crippen LogP contribution in [0.5, 0.6) is 11.5 Å². The van der Waals surface area contributed by atoms with Crippen LogP contribution in [0.25, 0.3) is 0 Å². The van der Waals surface area contributed by atoms with Crippen molar-refractivity contribution >= 4 is 5.69 Å². The summed E-state index contributed by atoms with van der Waals surface area (Å²) in [7, 11) is 3.43. The predicted octanol–water partition coefficient (Wildman–Crippen LogP) is 2.39. The van der Waals surface area contributed by atoms with Crippen LogP contribution in [0.3, 0.4) is 0 Å². The Morgan fingerprint density at radius 1 is 1.05 bits per heavy atom. The van der Waals surface area contributed by atoms with Gasteiger partial charge in [-0.1, -0.05) is 13.8 Å². The lowest BCUT2D eigenvalue weighted by atomic mass is 10.0. The molecular weight excluding hydrogens is 252 g/mol. The van der Waals surface area contributed by atoms with Crippen molar-refractivity contribution in [3.05, 3.63) is 18.2 Å². The number of rotatable bonds is 3. The molecule has 0 bridgehead atoms. The highest BCUT2D eigenvalue weighted by Crippen LogP contribution is 2.33. The van der Waals surface area contributed by atoms with E-state index in [0.29, 0.717) is 11.8 Å². The van der Waals surface area contributed by atoms with Gasteiger partial charge >= 0.3 is 0 Å². The molecule has 1 fully saturated rings. The van der Waals surface area contributed by atoms with Crippen LogP contribution >= 0.6 is 0 Å². The minimum Gasteiger partial charge on any atom is -0.497 e. The molecule has 1 saturated heterocycles. The zero-order valence-electron chi connectivity index (χ0n) is 13.0. The van der Waals surface area contributed by atoms with Crippen LogP contribution in [0.1, 0.15) is 13.8 Å². The third-order valence-electron chi connectivity index (χ3n) is 3.78. The number of benzene rings is 1. The number of hydrogen-bond donors (Lipinski definition) is 1. The molecular formula is C16H26N2O2. The summed E-state index contributed by atoms with van der Waals surface area (Å²) in [5.74, 6) is 3.01. The van der Waals surface area contributed by atoms with Crippen LogP contribution < -0.4 is 19.7 Å². The normalized spacial score (nSPS) is 23.9. The van der Waals surface area contributed by atoms with Crippen molar-refractivity contribution in [2.75, 3.05) is 45.3 Å². The zero-order chi connectivity index (χ0) is 14.5. The highest BCUT2D eigenvalue weighted by atomic mass is 16.5. The highest BCUT2D eigenvalue weighted by molar-refractivity contribution is 5.61. The lowest BCUT2D eigenvalue weighted by Gasteiger charge is -2.34. The molecule has 4 nitrogen and oxygen atoms in total. The number of anilines is 1. The van der Waals surface area contributed by atoms with Crippen molar-refractivity contribution < 1.29 is 9.47 Å². The third-order valence-corrected chi connectivity index (χ3v) is 3.78. The molecule has 2 atom stereocenters. The quantitative estimate of drug-likeness (QED) is 0.920. The van der Waals surface area contributed by atoms with Crippen molar-refractivity contribution in [2.45, 2.75) is 13.8 Å². The Labute approximate surface area is 122 Å². The molecule has 2 rings (SSSR count). The molecule has 0 aromatic heterocycles. The van der Waals surface area contributed by atoms with Crippen molar-refractivity contribution in [3.8, 4) is 11.5 Å². The Morgan fingerprint density at radius 2 is 1.70 bits per heavy atom. The first-order valence-electron chi connectivity index (χ1n) is 7.31. The monoisotopic (exact) mass is 278 g/mol. The fourth-order valence-electron chi connectivity index (χ4n) is 2.77. The number of hydrogen-bond acceptors (Lipinski definition) is 4. The third kappa shape index (κ3) is 3.57. The van der Waals surface area contributed by atoms with E-state index in [1.54, 1.807) is 14.2 Å². The van der Waals surface area contributed by atoms with Gasteiger partial charge in [0.2, 0.25) is 0 Å². The Morgan fingerprint density at radius 3 is 2.25 bits per heavy atom. The van der Waals surface area contributed by atoms with Gasteiger partial charge in [0.05, 0.1) is 19.9 Å². The molecule has 0 amide bonds. The van der Waals surface area contributed by atoms with E-state index in [4.69, 9.17) is 9.47 Å². The first-order valence-corrected chi connectivity index (χ1v) is 7.31. The number of nitrogens with zero attached hydrogens (tertiary/aromatic N) is 1. The Bertz CT molecular complexity index is 424. The highest BCUT2D eigenvalue weighted by Gasteiger charge is 2.20. The van der Waals surface area contributed by atoms with Gasteiger partial charge in [-0.2, -0.15) is 0 Å². The van der Waals surface area contributed by atoms with E-state index in [1.165, 1.54) is 0 Å². The van der Waals surface area contributed by atoms with Crippen LogP contribution in [0.2, 0.25) is 0 Å². The first kappa shape index (κ1) is 15.0. The lowest BCUT2D eigenvalue weighted by molar-refractivity contribution is 0.389. The Hall–Kier alpha value is -1.42. The largest absolute Gasteiger partial charge is 0.497 e. The second-order valence-electron chi connectivity index (χ2n) is 5.81. The van der Waals surface area contributed by atoms with Crippen molar-refractivity contribution in [2.24, 2.45) is 11.8 Å². The summed E-state index contributed by atoms with van der Waals surface area (Å²) >= 11 is 0. The maximum absolute atomic E-state index is 5.53. The van der Waals surface area contributed by atoms with Gasteiger partial charge in [0.15, 0.2) is 0 Å². The SMILES string of the molecule is COc1ccc(OC)c(N2CC(C)CNCC(C)C2)c1. The molecule has 0 saturated carbocycles. The van der Waals surface area contributed by atoms with Gasteiger partial charge < -0.3 is 19.7 Å². The standard InChI is InChI=1S/C16H26N2O2/c1-12-8-17-9-13(2)11-18(10-12)15-7-14(19-3)5-6-16(15)20-4/h5-7,12-13,17H,8-11H2,1-4H3. The van der Waals surface area contributed by atoms with Crippen LogP contribution in [0.15, 0.2) is 18.2 Å². The second-order valence-corrected chi connectivity index (χ2v) is 5.81.